The van der Waals surface area contributed by atoms with Gasteiger partial charge in [0, 0.05) is 12.0 Å². The van der Waals surface area contributed by atoms with Gasteiger partial charge < -0.3 is 14.4 Å². The number of fused-ring (bicyclic) bond motifs is 1. The maximum atomic E-state index is 12.5. The van der Waals surface area contributed by atoms with Crippen LogP contribution in [0.4, 0.5) is 4.79 Å². The molecule has 0 aromatic rings. The molecule has 6 nitrogen and oxygen atoms in total. The van der Waals surface area contributed by atoms with Gasteiger partial charge in [-0.3, -0.25) is 9.59 Å². The summed E-state index contributed by atoms with van der Waals surface area (Å²) in [7, 11) is 2.73. The number of ketones is 1. The van der Waals surface area contributed by atoms with Crippen LogP contribution in [0.15, 0.2) is 0 Å². The number of carbonyl (C=O) groups excluding carboxylic acids is 3. The minimum Gasteiger partial charge on any atom is -0.469 e. The summed E-state index contributed by atoms with van der Waals surface area (Å²) in [6.07, 6.45) is 1.07. The van der Waals surface area contributed by atoms with E-state index in [0.29, 0.717) is 13.0 Å². The Balaban J connectivity index is 1.84. The highest BCUT2D eigenvalue weighted by Crippen LogP contribution is 2.84. The summed E-state index contributed by atoms with van der Waals surface area (Å²) >= 11 is 0. The molecule has 2 saturated heterocycles. The van der Waals surface area contributed by atoms with Crippen LogP contribution < -0.4 is 0 Å². The zero-order chi connectivity index (χ0) is 15.2. The summed E-state index contributed by atoms with van der Waals surface area (Å²) in [6, 6.07) is -0.240. The Morgan fingerprint density at radius 1 is 1.14 bits per heavy atom. The average Bonchev–Trinajstić information content (AvgIpc) is 2.96. The molecule has 5 aliphatic rings. The number of methoxy groups -OCH3 is 2. The third-order valence-corrected chi connectivity index (χ3v) is 6.69. The second-order valence-corrected chi connectivity index (χ2v) is 6.95. The first-order valence-electron chi connectivity index (χ1n) is 7.39. The van der Waals surface area contributed by atoms with Gasteiger partial charge in [0.15, 0.2) is 0 Å². The number of nitrogens with zero attached hydrogens (tertiary/aromatic N) is 1. The van der Waals surface area contributed by atoms with Crippen molar-refractivity contribution in [3.8, 4) is 0 Å². The SMILES string of the molecule is COC(=O)N1C[C@H]2C[C@H]3[C@@H]1[C@]1(C(=O)OC)C[C@@]3(C(C)=O)[C@@H]21. The molecule has 0 spiro atoms. The zero-order valence-electron chi connectivity index (χ0n) is 12.4. The van der Waals surface area contributed by atoms with Crippen LogP contribution in [-0.4, -0.2) is 49.6 Å². The second-order valence-electron chi connectivity index (χ2n) is 6.95. The van der Waals surface area contributed by atoms with Gasteiger partial charge in [-0.25, -0.2) is 4.79 Å². The van der Waals surface area contributed by atoms with Crippen molar-refractivity contribution < 1.29 is 23.9 Å². The van der Waals surface area contributed by atoms with Gasteiger partial charge >= 0.3 is 12.1 Å². The molecule has 0 aromatic heterocycles. The van der Waals surface area contributed by atoms with Crippen molar-refractivity contribution in [3.63, 3.8) is 0 Å². The Kier molecular flexibility index (Phi) is 2.24. The summed E-state index contributed by atoms with van der Waals surface area (Å²) < 4.78 is 9.92. The summed E-state index contributed by atoms with van der Waals surface area (Å²) in [5.74, 6) is 0.225. The van der Waals surface area contributed by atoms with Crippen LogP contribution in [0.2, 0.25) is 0 Å². The van der Waals surface area contributed by atoms with E-state index in [1.165, 1.54) is 14.2 Å². The van der Waals surface area contributed by atoms with E-state index in [4.69, 9.17) is 9.47 Å². The van der Waals surface area contributed by atoms with Crippen molar-refractivity contribution in [3.05, 3.63) is 0 Å². The van der Waals surface area contributed by atoms with Crippen molar-refractivity contribution in [2.24, 2.45) is 28.6 Å². The van der Waals surface area contributed by atoms with Gasteiger partial charge in [0.2, 0.25) is 0 Å². The lowest BCUT2D eigenvalue weighted by molar-refractivity contribution is -0.191. The van der Waals surface area contributed by atoms with Gasteiger partial charge in [0.25, 0.3) is 0 Å². The first-order valence-corrected chi connectivity index (χ1v) is 7.39. The quantitative estimate of drug-likeness (QED) is 0.705. The number of Topliss-reactive ketones (excluding diaryl/α,β-unsaturated/α-hetero) is 1. The monoisotopic (exact) mass is 293 g/mol. The largest absolute Gasteiger partial charge is 0.469 e. The van der Waals surface area contributed by atoms with Crippen molar-refractivity contribution >= 4 is 17.8 Å². The average molecular weight is 293 g/mol. The Labute approximate surface area is 122 Å². The van der Waals surface area contributed by atoms with E-state index >= 15 is 0 Å². The highest BCUT2D eigenvalue weighted by atomic mass is 16.5. The van der Waals surface area contributed by atoms with E-state index in [2.05, 4.69) is 0 Å². The Bertz CT molecular complexity index is 574. The van der Waals surface area contributed by atoms with Gasteiger partial charge in [-0.05, 0) is 37.5 Å². The number of amides is 1. The van der Waals surface area contributed by atoms with Crippen LogP contribution in [0, 0.1) is 28.6 Å². The number of esters is 1. The summed E-state index contributed by atoms with van der Waals surface area (Å²) in [4.78, 5) is 38.5. The van der Waals surface area contributed by atoms with Crippen LogP contribution in [0.5, 0.6) is 0 Å². The molecule has 1 amide bonds. The number of piperidine rings is 2. The van der Waals surface area contributed by atoms with Gasteiger partial charge in [-0.2, -0.15) is 0 Å². The maximum absolute atomic E-state index is 12.5. The van der Waals surface area contributed by atoms with E-state index in [9.17, 15) is 14.4 Å². The molecule has 0 aromatic carbocycles. The molecule has 6 bridgehead atoms. The first-order chi connectivity index (χ1) is 9.95. The highest BCUT2D eigenvalue weighted by molar-refractivity contribution is 5.94. The van der Waals surface area contributed by atoms with Crippen molar-refractivity contribution in [1.29, 1.82) is 0 Å². The minimum absolute atomic E-state index is 0.0471. The standard InChI is InChI=1S/C15H19NO5/c1-7(17)14-6-15(12(18)20-2)10(14)8-4-9(14)11(15)16(5-8)13(19)21-3/h8-11H,4-6H2,1-3H3/t8-,9+,10-,11-,14+,15+/m1/s1. The van der Waals surface area contributed by atoms with E-state index in [-0.39, 0.29) is 35.5 Å². The number of carbonyl (C=O) groups is 3. The van der Waals surface area contributed by atoms with Gasteiger partial charge in [0.1, 0.15) is 5.78 Å². The van der Waals surface area contributed by atoms with Crippen LogP contribution in [0.1, 0.15) is 19.8 Å². The summed E-state index contributed by atoms with van der Waals surface area (Å²) in [5, 5.41) is 0. The molecule has 0 radical (unpaired) electrons. The number of ether oxygens (including phenoxy) is 2. The molecule has 2 heterocycles. The maximum Gasteiger partial charge on any atom is 0.409 e. The minimum atomic E-state index is -0.680. The lowest BCUT2D eigenvalue weighted by Gasteiger charge is -2.59. The van der Waals surface area contributed by atoms with Crippen molar-refractivity contribution in [1.82, 2.24) is 4.90 Å². The molecule has 2 aliphatic heterocycles. The van der Waals surface area contributed by atoms with Gasteiger partial charge in [-0.15, -0.1) is 0 Å². The van der Waals surface area contributed by atoms with E-state index in [1.54, 1.807) is 11.8 Å². The normalized spacial score (nSPS) is 48.0. The molecule has 3 aliphatic carbocycles. The lowest BCUT2D eigenvalue weighted by Crippen LogP contribution is -2.68. The van der Waals surface area contributed by atoms with Crippen molar-refractivity contribution in [2.75, 3.05) is 20.8 Å². The molecule has 21 heavy (non-hydrogen) atoms. The molecule has 114 valence electrons. The molecule has 5 rings (SSSR count). The number of hydrogen-bond donors (Lipinski definition) is 0. The number of hydrogen-bond acceptors (Lipinski definition) is 5. The highest BCUT2D eigenvalue weighted by Gasteiger charge is 2.90. The molecular weight excluding hydrogens is 274 g/mol. The number of rotatable bonds is 2. The molecule has 3 saturated carbocycles. The van der Waals surface area contributed by atoms with E-state index in [0.717, 1.165) is 6.42 Å². The predicted octanol–water partition coefficient (Wildman–Crippen LogP) is 0.841. The molecule has 5 fully saturated rings. The summed E-state index contributed by atoms with van der Waals surface area (Å²) in [5.41, 5.74) is -1.09. The van der Waals surface area contributed by atoms with Crippen LogP contribution in [0.25, 0.3) is 0 Å². The predicted molar refractivity (Wildman–Crippen MR) is 70.2 cm³/mol. The molecule has 0 N–H and O–H groups in total. The van der Waals surface area contributed by atoms with Crippen LogP contribution in [0.3, 0.4) is 0 Å². The fourth-order valence-corrected chi connectivity index (χ4v) is 6.43. The van der Waals surface area contributed by atoms with Crippen LogP contribution >= 0.6 is 0 Å². The van der Waals surface area contributed by atoms with Gasteiger partial charge in [0.05, 0.1) is 25.7 Å². The molecule has 6 atom stereocenters. The fraction of sp³-hybridized carbons (Fsp3) is 0.800. The molecular formula is C15H19NO5. The Morgan fingerprint density at radius 2 is 1.86 bits per heavy atom. The zero-order valence-corrected chi connectivity index (χ0v) is 12.4. The smallest absolute Gasteiger partial charge is 0.409 e. The third kappa shape index (κ3) is 1.06. The Morgan fingerprint density at radius 3 is 2.43 bits per heavy atom. The lowest BCUT2D eigenvalue weighted by atomic mass is 9.47. The van der Waals surface area contributed by atoms with E-state index < -0.39 is 16.9 Å². The Hall–Kier alpha value is -1.59. The fourth-order valence-electron chi connectivity index (χ4n) is 6.43. The molecule has 0 unspecified atom stereocenters. The summed E-state index contributed by atoms with van der Waals surface area (Å²) in [6.45, 7) is 2.21. The van der Waals surface area contributed by atoms with Crippen LogP contribution in [-0.2, 0) is 19.1 Å². The van der Waals surface area contributed by atoms with Crippen molar-refractivity contribution in [2.45, 2.75) is 25.8 Å². The molecule has 6 heteroatoms. The van der Waals surface area contributed by atoms with Gasteiger partial charge in [-0.1, -0.05) is 0 Å². The second kappa shape index (κ2) is 3.59. The first kappa shape index (κ1) is 13.1. The third-order valence-electron chi connectivity index (χ3n) is 6.69. The van der Waals surface area contributed by atoms with E-state index in [1.807, 2.05) is 0 Å². The topological polar surface area (TPSA) is 72.9 Å².